The van der Waals surface area contributed by atoms with E-state index >= 15 is 0 Å². The van der Waals surface area contributed by atoms with Crippen molar-refractivity contribution in [1.29, 1.82) is 0 Å². The summed E-state index contributed by atoms with van der Waals surface area (Å²) in [5.74, 6) is -3.08. The average molecular weight is 554 g/mol. The van der Waals surface area contributed by atoms with E-state index in [9.17, 15) is 19.5 Å². The third-order valence-electron chi connectivity index (χ3n) is 7.78. The van der Waals surface area contributed by atoms with E-state index in [1.54, 1.807) is 0 Å². The summed E-state index contributed by atoms with van der Waals surface area (Å²) >= 11 is 0. The zero-order valence-corrected chi connectivity index (χ0v) is 25.0. The zero-order valence-electron chi connectivity index (χ0n) is 25.0. The molecule has 0 fully saturated rings. The maximum Gasteiger partial charge on any atom is 0.309 e. The number of nitrogens with zero attached hydrogens (tertiary/aromatic N) is 1. The van der Waals surface area contributed by atoms with Crippen molar-refractivity contribution in [2.24, 2.45) is 0 Å². The number of allylic oxidation sites excluding steroid dienone is 2. The predicted octanol–water partition coefficient (Wildman–Crippen LogP) is 6.88. The Hall–Kier alpha value is -1.89. The normalized spacial score (nSPS) is 11.8. The first-order chi connectivity index (χ1) is 18.8. The van der Waals surface area contributed by atoms with Gasteiger partial charge in [0.1, 0.15) is 0 Å². The molecule has 0 amide bonds. The summed E-state index contributed by atoms with van der Waals surface area (Å²) in [7, 11) is 0. The molecule has 0 aromatic heterocycles. The van der Waals surface area contributed by atoms with Gasteiger partial charge in [-0.1, -0.05) is 103 Å². The number of rotatable bonds is 30. The second kappa shape index (κ2) is 26.3. The molecule has 7 nitrogen and oxygen atoms in total. The van der Waals surface area contributed by atoms with Crippen molar-refractivity contribution in [3.63, 3.8) is 0 Å². The van der Waals surface area contributed by atoms with Crippen molar-refractivity contribution < 1.29 is 34.2 Å². The highest BCUT2D eigenvalue weighted by molar-refractivity contribution is 5.67. The van der Waals surface area contributed by atoms with Gasteiger partial charge in [0.25, 0.3) is 0 Å². The van der Waals surface area contributed by atoms with Crippen LogP contribution in [0.1, 0.15) is 148 Å². The van der Waals surface area contributed by atoms with E-state index in [2.05, 4.69) is 19.1 Å². The van der Waals surface area contributed by atoms with Gasteiger partial charge in [-0.05, 0) is 38.5 Å². The lowest BCUT2D eigenvalue weighted by atomic mass is 10.1. The van der Waals surface area contributed by atoms with E-state index in [4.69, 9.17) is 10.2 Å². The third kappa shape index (κ3) is 26.1. The number of hydrogen-bond acceptors (Lipinski definition) is 4. The van der Waals surface area contributed by atoms with Crippen LogP contribution >= 0.6 is 0 Å². The van der Waals surface area contributed by atoms with Crippen molar-refractivity contribution in [3.05, 3.63) is 12.2 Å². The van der Waals surface area contributed by atoms with Gasteiger partial charge < -0.3 is 24.6 Å². The molecule has 0 aromatic carbocycles. The molecule has 0 radical (unpaired) electrons. The predicted molar refractivity (Wildman–Crippen MR) is 156 cm³/mol. The summed E-state index contributed by atoms with van der Waals surface area (Å²) in [6.07, 6.45) is 28.2. The molecular weight excluding hydrogens is 494 g/mol. The highest BCUT2D eigenvalue weighted by Crippen LogP contribution is 2.17. The van der Waals surface area contributed by atoms with Crippen LogP contribution in [0, 0.1) is 0 Å². The molecule has 0 saturated heterocycles. The Morgan fingerprint density at radius 1 is 0.538 bits per heavy atom. The van der Waals surface area contributed by atoms with E-state index in [1.165, 1.54) is 96.3 Å². The molecule has 0 spiro atoms. The van der Waals surface area contributed by atoms with Crippen LogP contribution in [0.4, 0.5) is 0 Å². The number of carbonyl (C=O) groups excluding carboxylic acids is 1. The van der Waals surface area contributed by atoms with Crippen molar-refractivity contribution in [3.8, 4) is 0 Å². The number of carboxylic acid groups (broad SMARTS) is 3. The SMILES string of the molecule is CCCCCCCCCCC/C=C/CCCCCCCCCC[N+](CCC(=O)[O-])(CCC(=O)O)CCC(=O)O. The van der Waals surface area contributed by atoms with Gasteiger partial charge in [0.15, 0.2) is 0 Å². The van der Waals surface area contributed by atoms with Crippen molar-refractivity contribution >= 4 is 17.9 Å². The maximum atomic E-state index is 11.1. The number of carboxylic acids is 3. The van der Waals surface area contributed by atoms with Crippen LogP contribution in [-0.2, 0) is 14.4 Å². The Labute approximate surface area is 238 Å². The quantitative estimate of drug-likeness (QED) is 0.0569. The van der Waals surface area contributed by atoms with Gasteiger partial charge in [0.05, 0.1) is 39.0 Å². The molecule has 0 rings (SSSR count). The Bertz CT molecular complexity index is 603. The fraction of sp³-hybridized carbons (Fsp3) is 0.844. The van der Waals surface area contributed by atoms with Gasteiger partial charge in [0, 0.05) is 12.4 Å². The van der Waals surface area contributed by atoms with Crippen LogP contribution in [0.5, 0.6) is 0 Å². The third-order valence-corrected chi connectivity index (χ3v) is 7.78. The summed E-state index contributed by atoms with van der Waals surface area (Å²) in [4.78, 5) is 33.3. The van der Waals surface area contributed by atoms with E-state index < -0.39 is 17.9 Å². The molecule has 0 heterocycles. The first-order valence-corrected chi connectivity index (χ1v) is 15.9. The fourth-order valence-electron chi connectivity index (χ4n) is 5.24. The number of carbonyl (C=O) groups is 3. The Kier molecular flexibility index (Phi) is 25.1. The largest absolute Gasteiger partial charge is 0.550 e. The molecule has 0 aliphatic carbocycles. The summed E-state index contributed by atoms with van der Waals surface area (Å²) < 4.78 is 0.221. The molecule has 0 unspecified atom stereocenters. The van der Waals surface area contributed by atoms with Gasteiger partial charge in [-0.15, -0.1) is 0 Å². The smallest absolute Gasteiger partial charge is 0.309 e. The topological polar surface area (TPSA) is 115 Å². The molecular formula is C32H59NO6. The molecule has 0 saturated carbocycles. The minimum Gasteiger partial charge on any atom is -0.550 e. The Balaban J connectivity index is 3.89. The molecule has 39 heavy (non-hydrogen) atoms. The van der Waals surface area contributed by atoms with Crippen molar-refractivity contribution in [2.45, 2.75) is 148 Å². The number of unbranched alkanes of at least 4 members (excludes halogenated alkanes) is 17. The summed E-state index contributed by atoms with van der Waals surface area (Å²) in [5.41, 5.74) is 0. The highest BCUT2D eigenvalue weighted by atomic mass is 16.4. The first-order valence-electron chi connectivity index (χ1n) is 15.9. The van der Waals surface area contributed by atoms with Crippen LogP contribution < -0.4 is 5.11 Å². The van der Waals surface area contributed by atoms with E-state index in [0.29, 0.717) is 6.54 Å². The van der Waals surface area contributed by atoms with Crippen LogP contribution in [0.15, 0.2) is 12.2 Å². The fourth-order valence-corrected chi connectivity index (χ4v) is 5.24. The summed E-state index contributed by atoms with van der Waals surface area (Å²) in [6.45, 7) is 3.60. The van der Waals surface area contributed by atoms with Gasteiger partial charge in [0.2, 0.25) is 0 Å². The molecule has 0 aromatic rings. The second-order valence-corrected chi connectivity index (χ2v) is 11.4. The molecule has 0 atom stereocenters. The minimum atomic E-state index is -1.18. The lowest BCUT2D eigenvalue weighted by Crippen LogP contribution is -2.53. The molecule has 7 heteroatoms. The number of quaternary nitrogens is 1. The average Bonchev–Trinajstić information content (AvgIpc) is 2.90. The highest BCUT2D eigenvalue weighted by Gasteiger charge is 2.28. The van der Waals surface area contributed by atoms with Crippen LogP contribution in [0.2, 0.25) is 0 Å². The molecule has 2 N–H and O–H groups in total. The second-order valence-electron chi connectivity index (χ2n) is 11.4. The van der Waals surface area contributed by atoms with Crippen molar-refractivity contribution in [2.75, 3.05) is 26.2 Å². The van der Waals surface area contributed by atoms with Crippen LogP contribution in [0.25, 0.3) is 0 Å². The number of hydrogen-bond donors (Lipinski definition) is 2. The standard InChI is InChI=1S/C32H59NO6/c1-2-3-4-5-6-7-8-9-10-11-12-13-14-15-16-17-18-19-20-21-22-26-33(27-23-30(34)35,28-24-31(36)37)29-25-32(38)39/h12-13H,2-11,14-29H2,1H3,(H2-,34,35,36,37,38,39)/b13-12+. The van der Waals surface area contributed by atoms with E-state index in [1.807, 2.05) is 0 Å². The van der Waals surface area contributed by atoms with Crippen LogP contribution in [0.3, 0.4) is 0 Å². The van der Waals surface area contributed by atoms with E-state index in [-0.39, 0.29) is 43.4 Å². The maximum absolute atomic E-state index is 11.1. The minimum absolute atomic E-state index is 0.0961. The van der Waals surface area contributed by atoms with Gasteiger partial charge >= 0.3 is 11.9 Å². The Morgan fingerprint density at radius 2 is 0.897 bits per heavy atom. The van der Waals surface area contributed by atoms with Gasteiger partial charge in [-0.2, -0.15) is 0 Å². The summed E-state index contributed by atoms with van der Waals surface area (Å²) in [5, 5.41) is 29.3. The molecule has 228 valence electrons. The zero-order chi connectivity index (χ0) is 29.0. The first kappa shape index (κ1) is 37.1. The molecule has 0 bridgehead atoms. The number of aliphatic carboxylic acids is 3. The summed E-state index contributed by atoms with van der Waals surface area (Å²) in [6, 6.07) is 0. The van der Waals surface area contributed by atoms with Crippen molar-refractivity contribution in [1.82, 2.24) is 0 Å². The monoisotopic (exact) mass is 553 g/mol. The van der Waals surface area contributed by atoms with E-state index in [0.717, 1.165) is 25.7 Å². The van der Waals surface area contributed by atoms with Crippen LogP contribution in [-0.4, -0.2) is 58.8 Å². The Morgan fingerprint density at radius 3 is 1.28 bits per heavy atom. The lowest BCUT2D eigenvalue weighted by Gasteiger charge is -2.38. The lowest BCUT2D eigenvalue weighted by molar-refractivity contribution is -0.927. The molecule has 0 aliphatic rings. The van der Waals surface area contributed by atoms with Gasteiger partial charge in [-0.25, -0.2) is 0 Å². The van der Waals surface area contributed by atoms with Gasteiger partial charge in [-0.3, -0.25) is 9.59 Å². The molecule has 0 aliphatic heterocycles.